The largest absolute Gasteiger partial charge is 0.464 e. The van der Waals surface area contributed by atoms with E-state index >= 15 is 0 Å². The van der Waals surface area contributed by atoms with Gasteiger partial charge in [0.1, 0.15) is 0 Å². The molecule has 0 aromatic heterocycles. The number of likely N-dealkylation sites (tertiary alicyclic amines) is 1. The fourth-order valence-corrected chi connectivity index (χ4v) is 3.49. The minimum atomic E-state index is -0.0485. The molecular formula is C16H27NO2. The first kappa shape index (κ1) is 14.6. The highest BCUT2D eigenvalue weighted by atomic mass is 16.5. The maximum absolute atomic E-state index is 11.8. The topological polar surface area (TPSA) is 29.5 Å². The van der Waals surface area contributed by atoms with Crippen LogP contribution in [-0.2, 0) is 9.53 Å². The van der Waals surface area contributed by atoms with Gasteiger partial charge in [0.15, 0.2) is 0 Å². The Hall–Kier alpha value is -0.830. The molecule has 0 N–H and O–H groups in total. The smallest absolute Gasteiger partial charge is 0.320 e. The van der Waals surface area contributed by atoms with E-state index in [4.69, 9.17) is 4.74 Å². The lowest BCUT2D eigenvalue weighted by Crippen LogP contribution is -2.32. The van der Waals surface area contributed by atoms with Crippen LogP contribution in [0, 0.1) is 17.8 Å². The second-order valence-corrected chi connectivity index (χ2v) is 6.38. The minimum Gasteiger partial charge on any atom is -0.464 e. The maximum atomic E-state index is 11.8. The molecule has 1 aliphatic heterocycles. The Kier molecular flexibility index (Phi) is 5.03. The van der Waals surface area contributed by atoms with Gasteiger partial charge in [0.2, 0.25) is 0 Å². The van der Waals surface area contributed by atoms with Crippen LogP contribution in [0.25, 0.3) is 0 Å². The molecule has 1 saturated heterocycles. The van der Waals surface area contributed by atoms with Gasteiger partial charge in [-0.3, -0.25) is 9.69 Å². The molecule has 1 heterocycles. The van der Waals surface area contributed by atoms with E-state index in [1.54, 1.807) is 0 Å². The summed E-state index contributed by atoms with van der Waals surface area (Å²) in [5.41, 5.74) is 1.47. The molecule has 3 heteroatoms. The fourth-order valence-electron chi connectivity index (χ4n) is 3.49. The van der Waals surface area contributed by atoms with E-state index in [0.717, 1.165) is 19.5 Å². The summed E-state index contributed by atoms with van der Waals surface area (Å²) in [6.07, 6.45) is 5.90. The van der Waals surface area contributed by atoms with Gasteiger partial charge in [-0.1, -0.05) is 25.5 Å². The molecule has 0 aromatic carbocycles. The van der Waals surface area contributed by atoms with Gasteiger partial charge in [0, 0.05) is 5.92 Å². The Bertz CT molecular complexity index is 345. The molecule has 3 nitrogen and oxygen atoms in total. The second kappa shape index (κ2) is 6.56. The molecule has 0 bridgehead atoms. The van der Waals surface area contributed by atoms with E-state index in [1.807, 2.05) is 0 Å². The van der Waals surface area contributed by atoms with Crippen molar-refractivity contribution in [3.8, 4) is 0 Å². The van der Waals surface area contributed by atoms with Crippen LogP contribution in [0.1, 0.15) is 40.0 Å². The predicted octanol–water partition coefficient (Wildman–Crippen LogP) is 2.86. The number of carbonyl (C=O) groups excluding carboxylic acids is 1. The highest BCUT2D eigenvalue weighted by Crippen LogP contribution is 2.33. The maximum Gasteiger partial charge on any atom is 0.320 e. The molecule has 2 rings (SSSR count). The van der Waals surface area contributed by atoms with Crippen LogP contribution in [0.2, 0.25) is 0 Å². The van der Waals surface area contributed by atoms with Crippen molar-refractivity contribution >= 4 is 5.97 Å². The van der Waals surface area contributed by atoms with E-state index in [-0.39, 0.29) is 5.97 Å². The van der Waals surface area contributed by atoms with Gasteiger partial charge < -0.3 is 4.74 Å². The number of ether oxygens (including phenoxy) is 1. The average molecular weight is 265 g/mol. The lowest BCUT2D eigenvalue weighted by Gasteiger charge is -2.32. The lowest BCUT2D eigenvalue weighted by molar-refractivity contribution is -0.147. The minimum absolute atomic E-state index is 0.0485. The zero-order valence-corrected chi connectivity index (χ0v) is 12.5. The molecule has 1 fully saturated rings. The summed E-state index contributed by atoms with van der Waals surface area (Å²) in [6.45, 7) is 9.86. The first-order valence-electron chi connectivity index (χ1n) is 7.61. The summed E-state index contributed by atoms with van der Waals surface area (Å²) >= 11 is 0. The molecule has 0 spiro atoms. The molecule has 2 aliphatic rings. The molecule has 19 heavy (non-hydrogen) atoms. The monoisotopic (exact) mass is 265 g/mol. The quantitative estimate of drug-likeness (QED) is 0.578. The lowest BCUT2D eigenvalue weighted by atomic mass is 9.75. The second-order valence-electron chi connectivity index (χ2n) is 6.38. The van der Waals surface area contributed by atoms with Gasteiger partial charge in [-0.05, 0) is 51.1 Å². The molecule has 0 radical (unpaired) electrons. The van der Waals surface area contributed by atoms with Gasteiger partial charge in [0.25, 0.3) is 0 Å². The zero-order chi connectivity index (χ0) is 13.8. The van der Waals surface area contributed by atoms with Crippen molar-refractivity contribution in [2.24, 2.45) is 17.8 Å². The van der Waals surface area contributed by atoms with Crippen molar-refractivity contribution in [1.29, 1.82) is 0 Å². The van der Waals surface area contributed by atoms with Crippen molar-refractivity contribution in [3.63, 3.8) is 0 Å². The van der Waals surface area contributed by atoms with Gasteiger partial charge >= 0.3 is 5.97 Å². The molecule has 0 saturated carbocycles. The molecule has 0 unspecified atom stereocenters. The van der Waals surface area contributed by atoms with Gasteiger partial charge in [-0.2, -0.15) is 0 Å². The van der Waals surface area contributed by atoms with Crippen LogP contribution >= 0.6 is 0 Å². The fraction of sp³-hybridized carbons (Fsp3) is 0.812. The van der Waals surface area contributed by atoms with Crippen molar-refractivity contribution in [3.05, 3.63) is 11.6 Å². The third-order valence-electron chi connectivity index (χ3n) is 4.59. The van der Waals surface area contributed by atoms with Crippen LogP contribution in [0.4, 0.5) is 0 Å². The molecule has 1 aliphatic carbocycles. The predicted molar refractivity (Wildman–Crippen MR) is 76.8 cm³/mol. The van der Waals surface area contributed by atoms with E-state index in [0.29, 0.717) is 30.9 Å². The molecule has 0 amide bonds. The molecule has 3 atom stereocenters. The Morgan fingerprint density at radius 1 is 1.37 bits per heavy atom. The first-order chi connectivity index (χ1) is 9.06. The number of esters is 1. The summed E-state index contributed by atoms with van der Waals surface area (Å²) in [6, 6.07) is 0. The van der Waals surface area contributed by atoms with E-state index in [2.05, 4.69) is 31.7 Å². The molecular weight excluding hydrogens is 238 g/mol. The number of rotatable bonds is 4. The summed E-state index contributed by atoms with van der Waals surface area (Å²) < 4.78 is 5.51. The van der Waals surface area contributed by atoms with E-state index < -0.39 is 0 Å². The summed E-state index contributed by atoms with van der Waals surface area (Å²) in [4.78, 5) is 14.0. The standard InChI is InChI=1S/C16H27NO2/c1-12-8-13(2)15(14(3)9-12)11-19-16(18)10-17-6-4-5-7-17/h8,13-15H,4-7,9-11H2,1-3H3/t13-,14+,15+/m0/s1. The summed E-state index contributed by atoms with van der Waals surface area (Å²) in [7, 11) is 0. The molecule has 108 valence electrons. The number of carbonyl (C=O) groups is 1. The normalized spacial score (nSPS) is 32.2. The first-order valence-corrected chi connectivity index (χ1v) is 7.61. The highest BCUT2D eigenvalue weighted by Gasteiger charge is 2.28. The van der Waals surface area contributed by atoms with Crippen LogP contribution < -0.4 is 0 Å². The average Bonchev–Trinajstić information content (AvgIpc) is 2.80. The third kappa shape index (κ3) is 4.07. The van der Waals surface area contributed by atoms with Crippen LogP contribution in [0.3, 0.4) is 0 Å². The number of allylic oxidation sites excluding steroid dienone is 2. The number of hydrogen-bond acceptors (Lipinski definition) is 3. The van der Waals surface area contributed by atoms with Crippen LogP contribution in [-0.4, -0.2) is 37.1 Å². The van der Waals surface area contributed by atoms with Crippen molar-refractivity contribution in [2.45, 2.75) is 40.0 Å². The van der Waals surface area contributed by atoms with Crippen molar-refractivity contribution in [1.82, 2.24) is 4.90 Å². The third-order valence-corrected chi connectivity index (χ3v) is 4.59. The Morgan fingerprint density at radius 3 is 2.68 bits per heavy atom. The SMILES string of the molecule is CC1=C[C@H](C)[C@@H](COC(=O)CN2CCCC2)[C@H](C)C1. The molecule has 0 aromatic rings. The van der Waals surface area contributed by atoms with Crippen molar-refractivity contribution in [2.75, 3.05) is 26.2 Å². The Labute approximate surface area is 117 Å². The Balaban J connectivity index is 1.76. The van der Waals surface area contributed by atoms with Gasteiger partial charge in [0.05, 0.1) is 13.2 Å². The van der Waals surface area contributed by atoms with Gasteiger partial charge in [-0.25, -0.2) is 0 Å². The van der Waals surface area contributed by atoms with Gasteiger partial charge in [-0.15, -0.1) is 0 Å². The highest BCUT2D eigenvalue weighted by molar-refractivity contribution is 5.71. The van der Waals surface area contributed by atoms with Crippen LogP contribution in [0.5, 0.6) is 0 Å². The van der Waals surface area contributed by atoms with E-state index in [9.17, 15) is 4.79 Å². The summed E-state index contributed by atoms with van der Waals surface area (Å²) in [5, 5.41) is 0. The zero-order valence-electron chi connectivity index (χ0n) is 12.5. The number of hydrogen-bond donors (Lipinski definition) is 0. The Morgan fingerprint density at radius 2 is 2.05 bits per heavy atom. The van der Waals surface area contributed by atoms with E-state index in [1.165, 1.54) is 18.4 Å². The van der Waals surface area contributed by atoms with Crippen LogP contribution in [0.15, 0.2) is 11.6 Å². The summed E-state index contributed by atoms with van der Waals surface area (Å²) in [5.74, 6) is 1.56. The van der Waals surface area contributed by atoms with Crippen molar-refractivity contribution < 1.29 is 9.53 Å². The number of nitrogens with zero attached hydrogens (tertiary/aromatic N) is 1.